The van der Waals surface area contributed by atoms with Gasteiger partial charge in [-0.15, -0.1) is 0 Å². The highest BCUT2D eigenvalue weighted by Crippen LogP contribution is 2.20. The minimum absolute atomic E-state index is 0.185. The molecule has 0 saturated heterocycles. The second-order valence-electron chi connectivity index (χ2n) is 4.79. The molecule has 0 bridgehead atoms. The van der Waals surface area contributed by atoms with E-state index in [0.717, 1.165) is 12.8 Å². The van der Waals surface area contributed by atoms with Crippen molar-refractivity contribution in [3.8, 4) is 5.75 Å². The van der Waals surface area contributed by atoms with Crippen LogP contribution in [0.2, 0.25) is 5.02 Å². The Kier molecular flexibility index (Phi) is 5.69. The van der Waals surface area contributed by atoms with Crippen molar-refractivity contribution in [2.24, 2.45) is 0 Å². The van der Waals surface area contributed by atoms with E-state index in [1.165, 1.54) is 12.1 Å². The lowest BCUT2D eigenvalue weighted by atomic mass is 10.3. The van der Waals surface area contributed by atoms with Crippen LogP contribution >= 0.6 is 11.6 Å². The van der Waals surface area contributed by atoms with Crippen LogP contribution < -0.4 is 9.46 Å². The molecule has 0 radical (unpaired) electrons. The molecule has 2 aromatic rings. The zero-order valence-electron chi connectivity index (χ0n) is 12.3. The molecule has 0 aromatic heterocycles. The SMILES string of the molecule is CCCCOc1ccc(S(=O)(=O)Nc2ccc(Cl)cc2)cc1. The van der Waals surface area contributed by atoms with Crippen LogP contribution in [0.25, 0.3) is 0 Å². The fourth-order valence-corrected chi connectivity index (χ4v) is 2.97. The Morgan fingerprint density at radius 1 is 1.05 bits per heavy atom. The van der Waals surface area contributed by atoms with Gasteiger partial charge in [-0.05, 0) is 55.0 Å². The normalized spacial score (nSPS) is 11.2. The predicted molar refractivity (Wildman–Crippen MR) is 89.1 cm³/mol. The second kappa shape index (κ2) is 7.51. The van der Waals surface area contributed by atoms with Crippen molar-refractivity contribution >= 4 is 27.3 Å². The summed E-state index contributed by atoms with van der Waals surface area (Å²) < 4.78 is 32.6. The van der Waals surface area contributed by atoms with E-state index in [2.05, 4.69) is 11.6 Å². The molecule has 0 aliphatic carbocycles. The Morgan fingerprint density at radius 2 is 1.68 bits per heavy atom. The van der Waals surface area contributed by atoms with E-state index in [1.54, 1.807) is 36.4 Å². The minimum atomic E-state index is -3.62. The molecule has 2 aromatic carbocycles. The van der Waals surface area contributed by atoms with Gasteiger partial charge in [0.15, 0.2) is 0 Å². The standard InChI is InChI=1S/C16H18ClNO3S/c1-2-3-12-21-15-8-10-16(11-9-15)22(19,20)18-14-6-4-13(17)5-7-14/h4-11,18H,2-3,12H2,1H3. The van der Waals surface area contributed by atoms with Crippen LogP contribution in [0.15, 0.2) is 53.4 Å². The summed E-state index contributed by atoms with van der Waals surface area (Å²) in [4.78, 5) is 0.185. The van der Waals surface area contributed by atoms with Gasteiger partial charge in [-0.25, -0.2) is 8.42 Å². The first-order chi connectivity index (χ1) is 10.5. The van der Waals surface area contributed by atoms with Crippen LogP contribution in [-0.2, 0) is 10.0 Å². The molecule has 0 heterocycles. The molecule has 6 heteroatoms. The van der Waals surface area contributed by atoms with Gasteiger partial charge in [-0.1, -0.05) is 24.9 Å². The Balaban J connectivity index is 2.07. The summed E-state index contributed by atoms with van der Waals surface area (Å²) in [6.07, 6.45) is 2.02. The fraction of sp³-hybridized carbons (Fsp3) is 0.250. The number of ether oxygens (including phenoxy) is 1. The summed E-state index contributed by atoms with van der Waals surface area (Å²) in [5.41, 5.74) is 0.465. The zero-order chi connectivity index (χ0) is 16.0. The Hall–Kier alpha value is -1.72. The molecule has 0 saturated carbocycles. The highest BCUT2D eigenvalue weighted by molar-refractivity contribution is 7.92. The van der Waals surface area contributed by atoms with E-state index in [1.807, 2.05) is 0 Å². The molecule has 2 rings (SSSR count). The maximum Gasteiger partial charge on any atom is 0.261 e. The molecular formula is C16H18ClNO3S. The largest absolute Gasteiger partial charge is 0.494 e. The smallest absolute Gasteiger partial charge is 0.261 e. The van der Waals surface area contributed by atoms with Crippen molar-refractivity contribution in [3.05, 3.63) is 53.6 Å². The van der Waals surface area contributed by atoms with Gasteiger partial charge in [0.2, 0.25) is 0 Å². The molecule has 0 aliphatic rings. The third-order valence-electron chi connectivity index (χ3n) is 3.00. The van der Waals surface area contributed by atoms with Crippen LogP contribution in [0.1, 0.15) is 19.8 Å². The topological polar surface area (TPSA) is 55.4 Å². The summed E-state index contributed by atoms with van der Waals surface area (Å²) in [5.74, 6) is 0.666. The van der Waals surface area contributed by atoms with Gasteiger partial charge in [0.05, 0.1) is 11.5 Å². The minimum Gasteiger partial charge on any atom is -0.494 e. The number of rotatable bonds is 7. The number of halogens is 1. The van der Waals surface area contributed by atoms with Gasteiger partial charge >= 0.3 is 0 Å². The molecule has 0 amide bonds. The molecule has 1 N–H and O–H groups in total. The van der Waals surface area contributed by atoms with Crippen LogP contribution in [0.4, 0.5) is 5.69 Å². The van der Waals surface area contributed by atoms with Crippen LogP contribution in [0, 0.1) is 0 Å². The third kappa shape index (κ3) is 4.64. The number of hydrogen-bond acceptors (Lipinski definition) is 3. The highest BCUT2D eigenvalue weighted by atomic mass is 35.5. The third-order valence-corrected chi connectivity index (χ3v) is 4.65. The number of nitrogens with one attached hydrogen (secondary N) is 1. The van der Waals surface area contributed by atoms with E-state index in [9.17, 15) is 8.42 Å². The lowest BCUT2D eigenvalue weighted by Crippen LogP contribution is -2.12. The van der Waals surface area contributed by atoms with E-state index in [4.69, 9.17) is 16.3 Å². The Labute approximate surface area is 136 Å². The quantitative estimate of drug-likeness (QED) is 0.764. The maximum atomic E-state index is 12.3. The van der Waals surface area contributed by atoms with Crippen molar-refractivity contribution < 1.29 is 13.2 Å². The Morgan fingerprint density at radius 3 is 2.27 bits per heavy atom. The summed E-state index contributed by atoms with van der Waals surface area (Å²) in [7, 11) is -3.62. The number of unbranched alkanes of at least 4 members (excludes halogenated alkanes) is 1. The molecule has 4 nitrogen and oxygen atoms in total. The summed E-state index contributed by atoms with van der Waals surface area (Å²) in [6.45, 7) is 2.72. The van der Waals surface area contributed by atoms with Gasteiger partial charge in [-0.3, -0.25) is 4.72 Å². The first-order valence-corrected chi connectivity index (χ1v) is 8.88. The van der Waals surface area contributed by atoms with E-state index < -0.39 is 10.0 Å². The number of anilines is 1. The van der Waals surface area contributed by atoms with E-state index in [-0.39, 0.29) is 4.90 Å². The predicted octanol–water partition coefficient (Wildman–Crippen LogP) is 4.32. The van der Waals surface area contributed by atoms with E-state index in [0.29, 0.717) is 23.1 Å². The molecule has 0 unspecified atom stereocenters. The fourth-order valence-electron chi connectivity index (χ4n) is 1.78. The van der Waals surface area contributed by atoms with E-state index >= 15 is 0 Å². The van der Waals surface area contributed by atoms with Gasteiger partial charge in [0.25, 0.3) is 10.0 Å². The van der Waals surface area contributed by atoms with Crippen molar-refractivity contribution in [2.45, 2.75) is 24.7 Å². The molecule has 0 fully saturated rings. The second-order valence-corrected chi connectivity index (χ2v) is 6.90. The summed E-state index contributed by atoms with van der Waals surface area (Å²) in [5, 5.41) is 0.552. The number of benzene rings is 2. The molecule has 118 valence electrons. The van der Waals surface area contributed by atoms with Crippen molar-refractivity contribution in [1.82, 2.24) is 0 Å². The van der Waals surface area contributed by atoms with Gasteiger partial charge < -0.3 is 4.74 Å². The number of sulfonamides is 1. The molecular weight excluding hydrogens is 322 g/mol. The average molecular weight is 340 g/mol. The monoisotopic (exact) mass is 339 g/mol. The summed E-state index contributed by atoms with van der Waals surface area (Å²) in [6, 6.07) is 12.9. The van der Waals surface area contributed by atoms with Crippen LogP contribution in [0.5, 0.6) is 5.75 Å². The highest BCUT2D eigenvalue weighted by Gasteiger charge is 2.14. The zero-order valence-corrected chi connectivity index (χ0v) is 13.8. The van der Waals surface area contributed by atoms with Crippen molar-refractivity contribution in [2.75, 3.05) is 11.3 Å². The Bertz CT molecular complexity index is 697. The summed E-state index contributed by atoms with van der Waals surface area (Å²) >= 11 is 5.78. The number of hydrogen-bond donors (Lipinski definition) is 1. The van der Waals surface area contributed by atoms with Gasteiger partial charge in [-0.2, -0.15) is 0 Å². The molecule has 0 atom stereocenters. The first kappa shape index (κ1) is 16.6. The lowest BCUT2D eigenvalue weighted by molar-refractivity contribution is 0.309. The van der Waals surface area contributed by atoms with Crippen molar-refractivity contribution in [1.29, 1.82) is 0 Å². The lowest BCUT2D eigenvalue weighted by Gasteiger charge is -2.09. The molecule has 0 aliphatic heterocycles. The van der Waals surface area contributed by atoms with Gasteiger partial charge in [0, 0.05) is 10.7 Å². The first-order valence-electron chi connectivity index (χ1n) is 7.02. The van der Waals surface area contributed by atoms with Crippen LogP contribution in [-0.4, -0.2) is 15.0 Å². The average Bonchev–Trinajstić information content (AvgIpc) is 2.50. The van der Waals surface area contributed by atoms with Crippen LogP contribution in [0.3, 0.4) is 0 Å². The van der Waals surface area contributed by atoms with Gasteiger partial charge in [0.1, 0.15) is 5.75 Å². The molecule has 22 heavy (non-hydrogen) atoms. The maximum absolute atomic E-state index is 12.3. The molecule has 0 spiro atoms. The van der Waals surface area contributed by atoms with Crippen molar-refractivity contribution in [3.63, 3.8) is 0 Å².